The Morgan fingerprint density at radius 1 is 1.41 bits per heavy atom. The zero-order valence-electron chi connectivity index (χ0n) is 13.7. The molecule has 1 aliphatic heterocycles. The first kappa shape index (κ1) is 16.8. The number of fused-ring (bicyclic) bond motifs is 1. The van der Waals surface area contributed by atoms with Crippen LogP contribution in [-0.4, -0.2) is 46.9 Å². The van der Waals surface area contributed by atoms with Crippen LogP contribution in [0.4, 0.5) is 4.79 Å². The molecular formula is C17H26N2O3. The average Bonchev–Trinajstić information content (AvgIpc) is 2.44. The fourth-order valence-corrected chi connectivity index (χ4v) is 3.45. The smallest absolute Gasteiger partial charge is 0.408 e. The lowest BCUT2D eigenvalue weighted by atomic mass is 9.75. The summed E-state index contributed by atoms with van der Waals surface area (Å²) in [5.41, 5.74) is 1.91. The molecule has 0 bridgehead atoms. The summed E-state index contributed by atoms with van der Waals surface area (Å²) in [5, 5.41) is 23.1. The van der Waals surface area contributed by atoms with E-state index in [0.29, 0.717) is 13.0 Å². The minimum absolute atomic E-state index is 0.257. The van der Waals surface area contributed by atoms with Gasteiger partial charge in [0.15, 0.2) is 0 Å². The third-order valence-electron chi connectivity index (χ3n) is 4.31. The number of carbonyl (C=O) groups is 1. The number of likely N-dealkylation sites (N-methyl/N-ethyl adjacent to an activating group) is 1. The maximum Gasteiger partial charge on any atom is 0.408 e. The quantitative estimate of drug-likeness (QED) is 0.801. The predicted octanol–water partition coefficient (Wildman–Crippen LogP) is 2.26. The Labute approximate surface area is 131 Å². The highest BCUT2D eigenvalue weighted by Gasteiger charge is 2.45. The maximum absolute atomic E-state index is 11.9. The van der Waals surface area contributed by atoms with Gasteiger partial charge in [-0.25, -0.2) is 4.79 Å². The van der Waals surface area contributed by atoms with E-state index in [-0.39, 0.29) is 11.5 Å². The topological polar surface area (TPSA) is 72.8 Å². The van der Waals surface area contributed by atoms with E-state index in [0.717, 1.165) is 11.1 Å². The summed E-state index contributed by atoms with van der Waals surface area (Å²) in [7, 11) is 1.76. The molecule has 122 valence electrons. The van der Waals surface area contributed by atoms with Gasteiger partial charge in [-0.15, -0.1) is 0 Å². The molecule has 0 fully saturated rings. The van der Waals surface area contributed by atoms with Crippen LogP contribution in [0.3, 0.4) is 0 Å². The van der Waals surface area contributed by atoms with Gasteiger partial charge < -0.3 is 15.5 Å². The minimum Gasteiger partial charge on any atom is -0.465 e. The van der Waals surface area contributed by atoms with E-state index < -0.39 is 18.2 Å². The first-order chi connectivity index (χ1) is 10.3. The summed E-state index contributed by atoms with van der Waals surface area (Å²) < 4.78 is 0. The van der Waals surface area contributed by atoms with Gasteiger partial charge >= 0.3 is 6.09 Å². The van der Waals surface area contributed by atoms with Crippen molar-refractivity contribution in [2.75, 3.05) is 13.6 Å². The largest absolute Gasteiger partial charge is 0.465 e. The van der Waals surface area contributed by atoms with Crippen molar-refractivity contribution < 1.29 is 15.0 Å². The van der Waals surface area contributed by atoms with E-state index in [4.69, 9.17) is 0 Å². The molecule has 22 heavy (non-hydrogen) atoms. The minimum atomic E-state index is -0.977. The fraction of sp³-hybridized carbons (Fsp3) is 0.588. The number of carboxylic acid groups (broad SMARTS) is 1. The highest BCUT2D eigenvalue weighted by molar-refractivity contribution is 5.67. The summed E-state index contributed by atoms with van der Waals surface area (Å²) in [6.45, 7) is 6.49. The molecule has 5 heteroatoms. The molecule has 0 aromatic heterocycles. The standard InChI is InChI=1S/C17H26N2O3/c1-17(2,3)15-12-8-6-5-7-11(12)9-13(14(20)10-18-4)19(15)16(21)22/h5-8,13-15,18,20H,9-10H2,1-4H3,(H,21,22)/t13?,14-,15-/m1/s1. The van der Waals surface area contributed by atoms with E-state index in [1.54, 1.807) is 7.05 Å². The molecule has 0 radical (unpaired) electrons. The fourth-order valence-electron chi connectivity index (χ4n) is 3.45. The Morgan fingerprint density at radius 2 is 2.05 bits per heavy atom. The molecule has 3 atom stereocenters. The monoisotopic (exact) mass is 306 g/mol. The molecule has 1 heterocycles. The molecule has 0 spiro atoms. The van der Waals surface area contributed by atoms with E-state index >= 15 is 0 Å². The lowest BCUT2D eigenvalue weighted by Gasteiger charge is -2.48. The average molecular weight is 306 g/mol. The summed E-state index contributed by atoms with van der Waals surface area (Å²) in [4.78, 5) is 13.4. The molecule has 3 N–H and O–H groups in total. The van der Waals surface area contributed by atoms with Crippen molar-refractivity contribution >= 4 is 6.09 Å². The van der Waals surface area contributed by atoms with Crippen molar-refractivity contribution in [2.45, 2.75) is 45.4 Å². The first-order valence-electron chi connectivity index (χ1n) is 7.69. The second kappa shape index (κ2) is 6.26. The van der Waals surface area contributed by atoms with Gasteiger partial charge in [-0.1, -0.05) is 45.0 Å². The maximum atomic E-state index is 11.9. The molecule has 1 aliphatic rings. The van der Waals surface area contributed by atoms with Crippen molar-refractivity contribution in [1.29, 1.82) is 0 Å². The second-order valence-electron chi connectivity index (χ2n) is 7.05. The highest BCUT2D eigenvalue weighted by Crippen LogP contribution is 2.44. The Bertz CT molecular complexity index is 539. The number of aliphatic hydroxyl groups is 1. The number of hydrogen-bond donors (Lipinski definition) is 3. The van der Waals surface area contributed by atoms with Gasteiger partial charge in [-0.2, -0.15) is 0 Å². The van der Waals surface area contributed by atoms with E-state index in [2.05, 4.69) is 5.32 Å². The number of nitrogens with zero attached hydrogens (tertiary/aromatic N) is 1. The van der Waals surface area contributed by atoms with Crippen LogP contribution in [0.2, 0.25) is 0 Å². The summed E-state index contributed by atoms with van der Waals surface area (Å²) in [5.74, 6) is 0. The van der Waals surface area contributed by atoms with Gasteiger partial charge in [0.05, 0.1) is 18.2 Å². The van der Waals surface area contributed by atoms with Gasteiger partial charge in [-0.3, -0.25) is 4.90 Å². The van der Waals surface area contributed by atoms with Crippen LogP contribution < -0.4 is 5.32 Å². The second-order valence-corrected chi connectivity index (χ2v) is 7.05. The van der Waals surface area contributed by atoms with Crippen LogP contribution >= 0.6 is 0 Å². The molecule has 1 aromatic carbocycles. The van der Waals surface area contributed by atoms with Crippen LogP contribution in [0, 0.1) is 5.41 Å². The van der Waals surface area contributed by atoms with E-state index in [9.17, 15) is 15.0 Å². The normalized spacial score (nSPS) is 23.0. The van der Waals surface area contributed by atoms with Crippen LogP contribution in [0.15, 0.2) is 24.3 Å². The molecule has 1 amide bonds. The number of rotatable bonds is 3. The van der Waals surface area contributed by atoms with Crippen molar-refractivity contribution in [3.8, 4) is 0 Å². The van der Waals surface area contributed by atoms with Crippen molar-refractivity contribution in [3.63, 3.8) is 0 Å². The van der Waals surface area contributed by atoms with Gasteiger partial charge in [0.2, 0.25) is 0 Å². The Balaban J connectivity index is 2.54. The number of aliphatic hydroxyl groups excluding tert-OH is 1. The first-order valence-corrected chi connectivity index (χ1v) is 7.69. The molecular weight excluding hydrogens is 280 g/mol. The molecule has 0 aliphatic carbocycles. The van der Waals surface area contributed by atoms with Gasteiger partial charge in [0.25, 0.3) is 0 Å². The van der Waals surface area contributed by atoms with Crippen LogP contribution in [-0.2, 0) is 6.42 Å². The summed E-state index contributed by atoms with van der Waals surface area (Å²) >= 11 is 0. The molecule has 1 aromatic rings. The van der Waals surface area contributed by atoms with Gasteiger partial charge in [0.1, 0.15) is 0 Å². The van der Waals surface area contributed by atoms with Crippen LogP contribution in [0.25, 0.3) is 0 Å². The Hall–Kier alpha value is -1.59. The Morgan fingerprint density at radius 3 is 2.59 bits per heavy atom. The lowest BCUT2D eigenvalue weighted by molar-refractivity contribution is -0.00766. The number of benzene rings is 1. The van der Waals surface area contributed by atoms with Crippen molar-refractivity contribution in [2.24, 2.45) is 5.41 Å². The number of amides is 1. The van der Waals surface area contributed by atoms with Gasteiger partial charge in [0, 0.05) is 6.54 Å². The van der Waals surface area contributed by atoms with E-state index in [1.165, 1.54) is 4.90 Å². The third kappa shape index (κ3) is 3.10. The van der Waals surface area contributed by atoms with Crippen LogP contribution in [0.1, 0.15) is 37.9 Å². The lowest BCUT2D eigenvalue weighted by Crippen LogP contribution is -2.56. The third-order valence-corrected chi connectivity index (χ3v) is 4.31. The van der Waals surface area contributed by atoms with E-state index in [1.807, 2.05) is 45.0 Å². The zero-order chi connectivity index (χ0) is 16.5. The molecule has 2 rings (SSSR count). The van der Waals surface area contributed by atoms with Crippen LogP contribution in [0.5, 0.6) is 0 Å². The van der Waals surface area contributed by atoms with Gasteiger partial charge in [-0.05, 0) is 30.0 Å². The Kier molecular flexibility index (Phi) is 4.78. The summed E-state index contributed by atoms with van der Waals surface area (Å²) in [6.07, 6.45) is -1.17. The predicted molar refractivity (Wildman–Crippen MR) is 85.9 cm³/mol. The molecule has 1 unspecified atom stereocenters. The zero-order valence-corrected chi connectivity index (χ0v) is 13.7. The number of hydrogen-bond acceptors (Lipinski definition) is 3. The highest BCUT2D eigenvalue weighted by atomic mass is 16.4. The van der Waals surface area contributed by atoms with Crippen molar-refractivity contribution in [3.05, 3.63) is 35.4 Å². The number of nitrogens with one attached hydrogen (secondary N) is 1. The molecule has 0 saturated carbocycles. The SMILES string of the molecule is CNC[C@@H](O)C1Cc2ccccc2[C@H](C(C)(C)C)N1C(=O)O. The molecule has 5 nitrogen and oxygen atoms in total. The summed E-state index contributed by atoms with van der Waals surface area (Å²) in [6, 6.07) is 7.24. The van der Waals surface area contributed by atoms with Crippen molar-refractivity contribution in [1.82, 2.24) is 10.2 Å². The molecule has 0 saturated heterocycles.